The van der Waals surface area contributed by atoms with Gasteiger partial charge >= 0.3 is 330 Å². The Kier molecular flexibility index (Phi) is 8.32. The number of hydrogen-bond acceptors (Lipinski definition) is 2. The molecule has 0 N–H and O–H groups in total. The van der Waals surface area contributed by atoms with Crippen molar-refractivity contribution in [1.29, 1.82) is 0 Å². The summed E-state index contributed by atoms with van der Waals surface area (Å²) in [6.45, 7) is 8.95. The summed E-state index contributed by atoms with van der Waals surface area (Å²) < 4.78 is 12.9. The molecule has 0 amide bonds. The quantitative estimate of drug-likeness (QED) is 0.150. The molecule has 0 spiro atoms. The summed E-state index contributed by atoms with van der Waals surface area (Å²) in [4.78, 5) is 0. The van der Waals surface area contributed by atoms with E-state index in [1.54, 1.807) is 0 Å². The van der Waals surface area contributed by atoms with Crippen molar-refractivity contribution in [1.82, 2.24) is 0 Å². The number of furan rings is 2. The van der Waals surface area contributed by atoms with E-state index in [9.17, 15) is 0 Å². The number of aryl methyl sites for hydroxylation is 4. The van der Waals surface area contributed by atoms with E-state index in [-0.39, 0.29) is 7.25 Å². The van der Waals surface area contributed by atoms with Crippen molar-refractivity contribution in [2.24, 2.45) is 0 Å². The maximum absolute atomic E-state index is 9.07. The van der Waals surface area contributed by atoms with Crippen molar-refractivity contribution in [3.05, 3.63) is 165 Å². The molecule has 0 fully saturated rings. The van der Waals surface area contributed by atoms with Crippen molar-refractivity contribution < 1.29 is 24.4 Å². The summed E-state index contributed by atoms with van der Waals surface area (Å²) in [5.41, 5.74) is 18.6. The van der Waals surface area contributed by atoms with Crippen LogP contribution in [0.4, 0.5) is 0 Å². The molecule has 2 aromatic heterocycles. The summed E-state index contributed by atoms with van der Waals surface area (Å²) in [6.07, 6.45) is 11.5. The van der Waals surface area contributed by atoms with E-state index < -0.39 is 21.5 Å². The number of fused-ring (bicyclic) bond motifs is 4. The summed E-state index contributed by atoms with van der Waals surface area (Å²) >= 11 is -5.33. The minimum atomic E-state index is -5.33. The molecule has 0 bridgehead atoms. The number of allylic oxidation sites excluding steroid dienone is 2. The van der Waals surface area contributed by atoms with E-state index in [1.807, 2.05) is 13.8 Å². The molecule has 0 radical (unpaired) electrons. The molecule has 10 rings (SSSR count). The van der Waals surface area contributed by atoms with Gasteiger partial charge < -0.3 is 0 Å². The second-order valence-corrected chi connectivity index (χ2v) is 59.0. The standard InChI is InChI=1S/2C23H19O.C2H7Si.2ClH.Zr/c2*1-15-10-11-22(24-15)19-13-18-12-17-8-5-9-20(17)23(21(18)14-19)16-6-3-2-4-7-16;1-3-2;;;/h2*2-4,6-7,10-14H,5,8-9H2,1H3;3H,1-2H3;2*1H;/q;;;;;+2/p-2. The summed E-state index contributed by atoms with van der Waals surface area (Å²) in [7, 11) is 18.1. The molecule has 54 heavy (non-hydrogen) atoms. The van der Waals surface area contributed by atoms with Gasteiger partial charge in [0.05, 0.1) is 0 Å². The number of hydrogen-bond donors (Lipinski definition) is 0. The van der Waals surface area contributed by atoms with Crippen LogP contribution >= 0.6 is 17.0 Å². The van der Waals surface area contributed by atoms with Gasteiger partial charge in [-0.3, -0.25) is 0 Å². The van der Waals surface area contributed by atoms with Gasteiger partial charge in [-0.05, 0) is 0 Å². The molecule has 2 unspecified atom stereocenters. The summed E-state index contributed by atoms with van der Waals surface area (Å²) in [5, 5.41) is 0. The van der Waals surface area contributed by atoms with Crippen LogP contribution < -0.4 is 0 Å². The molecular weight excluding hydrogens is 799 g/mol. The molecule has 0 aliphatic heterocycles. The van der Waals surface area contributed by atoms with Crippen molar-refractivity contribution in [2.45, 2.75) is 72.7 Å². The van der Waals surface area contributed by atoms with Crippen molar-refractivity contribution in [3.8, 4) is 22.3 Å². The van der Waals surface area contributed by atoms with Crippen LogP contribution in [0.15, 0.2) is 106 Å². The zero-order valence-corrected chi connectivity index (χ0v) is 36.6. The topological polar surface area (TPSA) is 26.3 Å². The van der Waals surface area contributed by atoms with E-state index in [0.717, 1.165) is 59.9 Å². The first kappa shape index (κ1) is 35.0. The number of rotatable bonds is 7. The average Bonchev–Trinajstić information content (AvgIpc) is 4.02. The third-order valence-electron chi connectivity index (χ3n) is 13.2. The van der Waals surface area contributed by atoms with E-state index in [2.05, 4.69) is 122 Å². The van der Waals surface area contributed by atoms with Gasteiger partial charge in [0.25, 0.3) is 0 Å². The summed E-state index contributed by atoms with van der Waals surface area (Å²) in [5.74, 6) is 1.68. The fourth-order valence-electron chi connectivity index (χ4n) is 10.7. The van der Waals surface area contributed by atoms with E-state index in [0.29, 0.717) is 0 Å². The zero-order valence-electron chi connectivity index (χ0n) is 31.4. The minimum absolute atomic E-state index is 0.154. The summed E-state index contributed by atoms with van der Waals surface area (Å²) in [6, 6.07) is 35.5. The monoisotopic (exact) mass is 841 g/mol. The molecule has 2 nitrogen and oxygen atoms in total. The van der Waals surface area contributed by atoms with E-state index >= 15 is 0 Å². The molecule has 2 heterocycles. The van der Waals surface area contributed by atoms with Crippen molar-refractivity contribution >= 4 is 46.2 Å². The Balaban J connectivity index is 1.30. The second-order valence-electron chi connectivity index (χ2n) is 16.5. The average molecular weight is 844 g/mol. The van der Waals surface area contributed by atoms with Gasteiger partial charge in [-0.15, -0.1) is 0 Å². The fourth-order valence-corrected chi connectivity index (χ4v) is 40.6. The van der Waals surface area contributed by atoms with Gasteiger partial charge in [0.15, 0.2) is 0 Å². The SMILES string of the molecule is Cc1ccc(C2=Cc3c(cc4c(c3-c3ccccc3)CCC4)[CH]2[Zr]([Cl])([Cl])([CH]2C(c3ccc(C)o3)=Cc3c2cc2c(c3-c3ccccc3)CCC2)[SiH](C)C)o1. The van der Waals surface area contributed by atoms with E-state index in [4.69, 9.17) is 25.9 Å². The first-order chi connectivity index (χ1) is 26.1. The second kappa shape index (κ2) is 12.8. The number of benzene rings is 4. The van der Waals surface area contributed by atoms with Gasteiger partial charge in [0, 0.05) is 0 Å². The third kappa shape index (κ3) is 5.12. The van der Waals surface area contributed by atoms with Crippen LogP contribution in [0.5, 0.6) is 0 Å². The van der Waals surface area contributed by atoms with Gasteiger partial charge in [-0.1, -0.05) is 0 Å². The Morgan fingerprint density at radius 3 is 1.37 bits per heavy atom. The van der Waals surface area contributed by atoms with Gasteiger partial charge in [-0.2, -0.15) is 0 Å². The first-order valence-electron chi connectivity index (χ1n) is 19.7. The fraction of sp³-hybridized carbons (Fsp3) is 0.250. The van der Waals surface area contributed by atoms with Crippen LogP contribution in [0.2, 0.25) is 13.1 Å². The molecule has 0 saturated heterocycles. The van der Waals surface area contributed by atoms with Gasteiger partial charge in [0.1, 0.15) is 0 Å². The van der Waals surface area contributed by atoms with Crippen LogP contribution in [0, 0.1) is 13.8 Å². The Morgan fingerprint density at radius 1 is 0.574 bits per heavy atom. The van der Waals surface area contributed by atoms with Crippen LogP contribution in [-0.2, 0) is 41.2 Å². The van der Waals surface area contributed by atoms with Crippen molar-refractivity contribution in [2.75, 3.05) is 0 Å². The van der Waals surface area contributed by atoms with Crippen molar-refractivity contribution in [3.63, 3.8) is 0 Å². The Hall–Kier alpha value is -3.40. The maximum atomic E-state index is 9.07. The molecule has 4 aromatic carbocycles. The first-order valence-corrected chi connectivity index (χ1v) is 36.0. The predicted molar refractivity (Wildman–Crippen MR) is 227 cm³/mol. The molecule has 4 aliphatic rings. The Labute approximate surface area is 327 Å². The Bertz CT molecular complexity index is 2390. The number of halogens is 2. The molecule has 2 atom stereocenters. The van der Waals surface area contributed by atoms with Crippen LogP contribution in [0.1, 0.15) is 87.6 Å². The van der Waals surface area contributed by atoms with Gasteiger partial charge in [-0.25, -0.2) is 0 Å². The van der Waals surface area contributed by atoms with Crippen LogP contribution in [0.3, 0.4) is 0 Å². The van der Waals surface area contributed by atoms with E-state index in [1.165, 1.54) is 79.6 Å². The van der Waals surface area contributed by atoms with Crippen LogP contribution in [-0.4, -0.2) is 5.92 Å². The molecule has 6 heteroatoms. The van der Waals surface area contributed by atoms with Crippen LogP contribution in [0.25, 0.3) is 45.6 Å². The van der Waals surface area contributed by atoms with Gasteiger partial charge in [0.2, 0.25) is 0 Å². The molecular formula is C48H45Cl2O2SiZr. The molecule has 4 aliphatic carbocycles. The molecule has 271 valence electrons. The Morgan fingerprint density at radius 2 is 1.00 bits per heavy atom. The molecule has 0 saturated carbocycles. The third-order valence-corrected chi connectivity index (χ3v) is 64.7. The molecule has 6 aromatic rings. The zero-order chi connectivity index (χ0) is 37.0. The predicted octanol–water partition coefficient (Wildman–Crippen LogP) is 13.7. The normalized spacial score (nSPS) is 19.3.